The smallest absolute Gasteiger partial charge is 0.328 e. The van der Waals surface area contributed by atoms with Crippen LogP contribution in [-0.2, 0) is 20.1 Å². The van der Waals surface area contributed by atoms with Crippen molar-refractivity contribution < 1.29 is 33.0 Å². The number of hydrogen-bond acceptors (Lipinski definition) is 6. The quantitative estimate of drug-likeness (QED) is 0.170. The van der Waals surface area contributed by atoms with Gasteiger partial charge in [-0.25, -0.2) is 4.79 Å². The van der Waals surface area contributed by atoms with Crippen LogP contribution in [0.15, 0.2) is 12.1 Å². The Balaban J connectivity index is 3.07. The molecule has 0 bridgehead atoms. The highest BCUT2D eigenvalue weighted by molar-refractivity contribution is 6.71. The fourth-order valence-electron chi connectivity index (χ4n) is 3.04. The molecule has 0 aliphatic heterocycles. The van der Waals surface area contributed by atoms with E-state index in [1.165, 1.54) is 0 Å². The van der Waals surface area contributed by atoms with E-state index in [0.29, 0.717) is 33.2 Å². The normalized spacial score (nSPS) is 12.4. The molecule has 0 heterocycles. The molecule has 32 heavy (non-hydrogen) atoms. The Labute approximate surface area is 197 Å². The predicted molar refractivity (Wildman–Crippen MR) is 134 cm³/mol. The van der Waals surface area contributed by atoms with Crippen molar-refractivity contribution in [3.63, 3.8) is 0 Å². The van der Waals surface area contributed by atoms with Gasteiger partial charge in [0.1, 0.15) is 15.4 Å². The van der Waals surface area contributed by atoms with Crippen LogP contribution in [0.1, 0.15) is 17.5 Å². The van der Waals surface area contributed by atoms with Gasteiger partial charge >= 0.3 is 5.97 Å². The Morgan fingerprint density at radius 2 is 1.56 bits per heavy atom. The van der Waals surface area contributed by atoms with Crippen LogP contribution in [0.2, 0.25) is 45.3 Å². The number of benzene rings is 1. The van der Waals surface area contributed by atoms with E-state index < -0.39 is 22.6 Å². The average molecular weight is 499 g/mol. The van der Waals surface area contributed by atoms with Gasteiger partial charge in [-0.15, -0.1) is 0 Å². The molecule has 0 aliphatic rings. The van der Waals surface area contributed by atoms with E-state index in [1.807, 2.05) is 0 Å². The fourth-order valence-corrected chi connectivity index (χ4v) is 7.92. The zero-order chi connectivity index (χ0) is 24.5. The molecule has 0 unspecified atom stereocenters. The van der Waals surface area contributed by atoms with Crippen molar-refractivity contribution in [1.29, 1.82) is 0 Å². The molecule has 180 valence electrons. The summed E-state index contributed by atoms with van der Waals surface area (Å²) in [4.78, 5) is 11.1. The van der Waals surface area contributed by atoms with Crippen molar-refractivity contribution in [2.24, 2.45) is 0 Å². The van der Waals surface area contributed by atoms with Crippen molar-refractivity contribution in [2.45, 2.75) is 64.1 Å². The Bertz CT molecular complexity index is 767. The number of carboxylic acids is 1. The molecule has 1 rings (SSSR count). The third kappa shape index (κ3) is 9.90. The fraction of sp³-hybridized carbons (Fsp3) is 0.591. The molecule has 1 N–H and O–H groups in total. The molecular formula is C22H38O7Si3. The van der Waals surface area contributed by atoms with Gasteiger partial charge in [-0.3, -0.25) is 0 Å². The maximum absolute atomic E-state index is 11.1. The minimum atomic E-state index is -1.72. The third-order valence-corrected chi connectivity index (χ3v) is 7.73. The van der Waals surface area contributed by atoms with Crippen LogP contribution in [0.4, 0.5) is 0 Å². The number of ether oxygens (including phenoxy) is 3. The van der Waals surface area contributed by atoms with E-state index in [2.05, 4.69) is 39.3 Å². The zero-order valence-electron chi connectivity index (χ0n) is 20.8. The lowest BCUT2D eigenvalue weighted by Gasteiger charge is -2.31. The first kappa shape index (κ1) is 28.4. The first-order valence-corrected chi connectivity index (χ1v) is 18.7. The zero-order valence-corrected chi connectivity index (χ0v) is 23.8. The predicted octanol–water partition coefficient (Wildman–Crippen LogP) is 4.85. The number of aliphatic carboxylic acids is 1. The third-order valence-electron chi connectivity index (χ3n) is 4.21. The summed E-state index contributed by atoms with van der Waals surface area (Å²) in [6.45, 7) is 13.0. The van der Waals surface area contributed by atoms with E-state index in [9.17, 15) is 4.79 Å². The van der Waals surface area contributed by atoms with Gasteiger partial charge in [0, 0.05) is 11.6 Å². The summed E-state index contributed by atoms with van der Waals surface area (Å²) in [6, 6.07) is 2.71. The number of carboxylic acid groups (broad SMARTS) is 1. The molecule has 0 amide bonds. The lowest BCUT2D eigenvalue weighted by Crippen LogP contribution is -2.42. The number of methoxy groups -OCH3 is 3. The number of carbonyl (C=O) groups is 1. The minimum Gasteiger partial charge on any atom is -0.493 e. The average Bonchev–Trinajstić information content (AvgIpc) is 2.66. The van der Waals surface area contributed by atoms with Crippen molar-refractivity contribution in [2.75, 3.05) is 21.3 Å². The van der Waals surface area contributed by atoms with Gasteiger partial charge in [0.2, 0.25) is 5.75 Å². The summed E-state index contributed by atoms with van der Waals surface area (Å²) in [5.41, 5.74) is 1.62. The van der Waals surface area contributed by atoms with E-state index >= 15 is 0 Å². The number of hydrogen-bond donors (Lipinski definition) is 1. The Morgan fingerprint density at radius 1 is 1.00 bits per heavy atom. The first-order chi connectivity index (χ1) is 14.8. The van der Waals surface area contributed by atoms with Crippen LogP contribution in [0, 0.1) is 0 Å². The molecule has 0 aliphatic carbocycles. The molecule has 1 aromatic carbocycles. The van der Waals surface area contributed by atoms with E-state index in [1.54, 1.807) is 33.5 Å². The summed E-state index contributed by atoms with van der Waals surface area (Å²) in [5, 5.41) is 9.09. The molecular weight excluding hydrogens is 460 g/mol. The van der Waals surface area contributed by atoms with Crippen molar-refractivity contribution in [3.8, 4) is 17.2 Å². The second kappa shape index (κ2) is 12.6. The van der Waals surface area contributed by atoms with Gasteiger partial charge in [0.05, 0.1) is 21.3 Å². The Morgan fingerprint density at radius 3 is 2.00 bits per heavy atom. The van der Waals surface area contributed by atoms with Gasteiger partial charge < -0.3 is 28.2 Å². The molecule has 0 saturated carbocycles. The highest BCUT2D eigenvalue weighted by Crippen LogP contribution is 2.43. The van der Waals surface area contributed by atoms with Crippen molar-refractivity contribution in [1.82, 2.24) is 0 Å². The van der Waals surface area contributed by atoms with Crippen molar-refractivity contribution in [3.05, 3.63) is 23.3 Å². The molecule has 1 aromatic rings. The summed E-state index contributed by atoms with van der Waals surface area (Å²) < 4.78 is 29.2. The summed E-state index contributed by atoms with van der Waals surface area (Å²) in [5.74, 6) is 0.385. The number of rotatable bonds is 14. The molecule has 0 atom stereocenters. The summed E-state index contributed by atoms with van der Waals surface area (Å²) in [6.07, 6.45) is 4.25. The van der Waals surface area contributed by atoms with Crippen LogP contribution in [0.3, 0.4) is 0 Å². The Kier molecular flexibility index (Phi) is 11.2. The maximum Gasteiger partial charge on any atom is 0.328 e. The van der Waals surface area contributed by atoms with Gasteiger partial charge in [-0.1, -0.05) is 12.5 Å². The van der Waals surface area contributed by atoms with Crippen LogP contribution in [0.25, 0.3) is 6.08 Å². The highest BCUT2D eigenvalue weighted by atomic mass is 28.4. The minimum absolute atomic E-state index is 0.160. The van der Waals surface area contributed by atoms with Crippen LogP contribution < -0.4 is 14.2 Å². The molecule has 10 heteroatoms. The monoisotopic (exact) mass is 498 g/mol. The molecule has 7 nitrogen and oxygen atoms in total. The maximum atomic E-state index is 11.1. The second-order valence-corrected chi connectivity index (χ2v) is 19.5. The highest BCUT2D eigenvalue weighted by Gasteiger charge is 2.27. The van der Waals surface area contributed by atoms with Crippen LogP contribution in [0.5, 0.6) is 17.2 Å². The standard InChI is InChI=1S/C22H38O7Si3/c1-25-18-15-16(12-13-19(23)24)17(20(26-2)21(18)27-3)11-10-14-30-22(28-31(4,5)6)29-32(7,8)9/h12-13,15,22H,10-11,14H2,1-9H3,(H,23,24)/b13-12+. The topological polar surface area (TPSA) is 83.5 Å². The molecule has 0 fully saturated rings. The van der Waals surface area contributed by atoms with Gasteiger partial charge in [-0.2, -0.15) is 0 Å². The lowest BCUT2D eigenvalue weighted by molar-refractivity contribution is -0.131. The van der Waals surface area contributed by atoms with E-state index in [0.717, 1.165) is 29.7 Å². The van der Waals surface area contributed by atoms with Crippen LogP contribution in [-0.4, -0.2) is 64.5 Å². The molecule has 2 radical (unpaired) electrons. The van der Waals surface area contributed by atoms with Gasteiger partial charge in [0.15, 0.2) is 28.1 Å². The van der Waals surface area contributed by atoms with E-state index in [-0.39, 0.29) is 5.91 Å². The summed E-state index contributed by atoms with van der Waals surface area (Å²) in [7, 11) is 1.76. The Hall–Kier alpha value is -1.60. The van der Waals surface area contributed by atoms with Gasteiger partial charge in [0.25, 0.3) is 0 Å². The van der Waals surface area contributed by atoms with E-state index in [4.69, 9.17) is 28.2 Å². The largest absolute Gasteiger partial charge is 0.493 e. The molecule has 0 saturated heterocycles. The first-order valence-electron chi connectivity index (χ1n) is 10.6. The van der Waals surface area contributed by atoms with Crippen molar-refractivity contribution >= 4 is 38.2 Å². The lowest BCUT2D eigenvalue weighted by atomic mass is 10.00. The SMILES string of the molecule is COc1cc(/C=C/C(=O)O)c(CCC[Si]C(O[Si](C)(C)C)O[Si](C)(C)C)c(OC)c1OC. The second-order valence-electron chi connectivity index (χ2n) is 9.23. The summed E-state index contributed by atoms with van der Waals surface area (Å²) >= 11 is 0. The van der Waals surface area contributed by atoms with Gasteiger partial charge in [-0.05, 0) is 63.4 Å². The molecule has 0 aromatic heterocycles. The molecule has 0 spiro atoms. The van der Waals surface area contributed by atoms with Crippen LogP contribution >= 0.6 is 0 Å².